The number of amidine groups is 1. The lowest BCUT2D eigenvalue weighted by molar-refractivity contribution is 0.0577. The van der Waals surface area contributed by atoms with Gasteiger partial charge in [-0.05, 0) is 74.9 Å². The minimum absolute atomic E-state index is 0.00340. The molecule has 0 unspecified atom stereocenters. The van der Waals surface area contributed by atoms with Crippen molar-refractivity contribution in [2.45, 2.75) is 70.9 Å². The van der Waals surface area contributed by atoms with Crippen molar-refractivity contribution in [2.75, 3.05) is 4.90 Å². The molecule has 0 saturated heterocycles. The Morgan fingerprint density at radius 3 is 2.06 bits per heavy atom. The van der Waals surface area contributed by atoms with E-state index in [4.69, 9.17) is 26.9 Å². The highest BCUT2D eigenvalue weighted by Crippen LogP contribution is 2.33. The Labute approximate surface area is 190 Å². The number of hydrogen-bond donors (Lipinski definition) is 4. The Bertz CT molecular complexity index is 882. The Morgan fingerprint density at radius 1 is 1.00 bits per heavy atom. The van der Waals surface area contributed by atoms with Crippen LogP contribution in [0.15, 0.2) is 48.5 Å². The number of nitrogens with two attached hydrogens (primary N) is 1. The summed E-state index contributed by atoms with van der Waals surface area (Å²) in [5.74, 6) is 0.664. The molecule has 0 aromatic heterocycles. The third kappa shape index (κ3) is 7.18. The minimum atomic E-state index is -0.584. The summed E-state index contributed by atoms with van der Waals surface area (Å²) in [4.78, 5) is 14.6. The van der Waals surface area contributed by atoms with Gasteiger partial charge in [-0.2, -0.15) is 0 Å². The number of nitrogens with one attached hydrogen (secondary N) is 3. The normalized spacial score (nSPS) is 14.1. The molecule has 0 radical (unpaired) electrons. The summed E-state index contributed by atoms with van der Waals surface area (Å²) in [5.41, 5.74) is 18.8. The summed E-state index contributed by atoms with van der Waals surface area (Å²) >= 11 is 0. The largest absolute Gasteiger partial charge is 0.443 e. The molecule has 1 fully saturated rings. The highest BCUT2D eigenvalue weighted by atomic mass is 16.6. The van der Waals surface area contributed by atoms with Gasteiger partial charge >= 0.3 is 6.09 Å². The first-order valence-electron chi connectivity index (χ1n) is 11.0. The molecule has 1 aliphatic rings. The molecule has 0 aliphatic heterocycles. The maximum Gasteiger partial charge on any atom is 0.415 e. The number of anilines is 1. The van der Waals surface area contributed by atoms with Gasteiger partial charge in [-0.15, -0.1) is 0 Å². The molecule has 32 heavy (non-hydrogen) atoms. The third-order valence-electron chi connectivity index (χ3n) is 5.50. The van der Waals surface area contributed by atoms with E-state index < -0.39 is 11.7 Å². The summed E-state index contributed by atoms with van der Waals surface area (Å²) < 4.78 is 5.64. The van der Waals surface area contributed by atoms with Gasteiger partial charge < -0.3 is 10.5 Å². The molecule has 172 valence electrons. The standard InChI is InChI=1S/C25H33N3O2.H2N2/c1-25(2,3)30-24(29)28(22-15-13-21(14-16-22)23(26)27)17-18-9-11-20(12-10-18)19-7-5-4-6-8-19;1-2/h9-16,19H,4-8,17H2,1-3H3,(H3,26,27);1-2H. The smallest absolute Gasteiger partial charge is 0.415 e. The van der Waals surface area contributed by atoms with E-state index in [1.54, 1.807) is 29.2 Å². The van der Waals surface area contributed by atoms with Crippen LogP contribution < -0.4 is 10.6 Å². The summed E-state index contributed by atoms with van der Waals surface area (Å²) in [6.07, 6.45) is 6.12. The van der Waals surface area contributed by atoms with Gasteiger partial charge in [-0.3, -0.25) is 10.3 Å². The molecule has 0 spiro atoms. The number of amides is 1. The number of nitrogens with zero attached hydrogens (tertiary/aromatic N) is 1. The first-order chi connectivity index (χ1) is 15.2. The van der Waals surface area contributed by atoms with E-state index in [0.29, 0.717) is 23.7 Å². The van der Waals surface area contributed by atoms with Crippen LogP contribution in [0.25, 0.3) is 0 Å². The molecule has 3 rings (SSSR count). The monoisotopic (exact) mass is 437 g/mol. The van der Waals surface area contributed by atoms with Crippen LogP contribution in [-0.2, 0) is 11.3 Å². The molecular weight excluding hydrogens is 402 g/mol. The van der Waals surface area contributed by atoms with Crippen LogP contribution in [0.3, 0.4) is 0 Å². The van der Waals surface area contributed by atoms with E-state index in [0.717, 1.165) is 5.56 Å². The number of carbonyl (C=O) groups is 1. The molecule has 2 aromatic rings. The minimum Gasteiger partial charge on any atom is -0.443 e. The number of benzene rings is 2. The van der Waals surface area contributed by atoms with Crippen LogP contribution in [0.5, 0.6) is 0 Å². The van der Waals surface area contributed by atoms with Crippen LogP contribution >= 0.6 is 0 Å². The van der Waals surface area contributed by atoms with Crippen LogP contribution in [0.4, 0.5) is 10.5 Å². The summed E-state index contributed by atoms with van der Waals surface area (Å²) in [7, 11) is 0. The molecule has 7 heteroatoms. The van der Waals surface area contributed by atoms with Gasteiger partial charge in [-0.25, -0.2) is 15.9 Å². The molecule has 1 aliphatic carbocycles. The van der Waals surface area contributed by atoms with E-state index in [2.05, 4.69) is 24.3 Å². The fourth-order valence-corrected chi connectivity index (χ4v) is 3.91. The van der Waals surface area contributed by atoms with Crippen molar-refractivity contribution < 1.29 is 9.53 Å². The molecular formula is C25H35N5O2. The summed E-state index contributed by atoms with van der Waals surface area (Å²) in [6, 6.07) is 15.8. The first kappa shape index (κ1) is 25.0. The average molecular weight is 438 g/mol. The van der Waals surface area contributed by atoms with Gasteiger partial charge in [0.25, 0.3) is 0 Å². The molecule has 5 N–H and O–H groups in total. The topological polar surface area (TPSA) is 127 Å². The molecule has 0 atom stereocenters. The van der Waals surface area contributed by atoms with Crippen molar-refractivity contribution >= 4 is 17.6 Å². The number of ether oxygens (including phenoxy) is 1. The number of rotatable bonds is 5. The molecule has 1 amide bonds. The predicted octanol–water partition coefficient (Wildman–Crippen LogP) is 6.56. The van der Waals surface area contributed by atoms with Crippen molar-refractivity contribution in [2.24, 2.45) is 5.73 Å². The van der Waals surface area contributed by atoms with E-state index in [1.807, 2.05) is 20.8 Å². The molecule has 2 aromatic carbocycles. The molecule has 7 nitrogen and oxygen atoms in total. The lowest BCUT2D eigenvalue weighted by Crippen LogP contribution is -2.36. The molecule has 0 bridgehead atoms. The lowest BCUT2D eigenvalue weighted by atomic mass is 9.84. The fourth-order valence-electron chi connectivity index (χ4n) is 3.91. The third-order valence-corrected chi connectivity index (χ3v) is 5.50. The van der Waals surface area contributed by atoms with E-state index in [1.165, 1.54) is 37.7 Å². The zero-order chi connectivity index (χ0) is 23.7. The van der Waals surface area contributed by atoms with Gasteiger partial charge in [-0.1, -0.05) is 43.5 Å². The maximum atomic E-state index is 12.9. The fraction of sp³-hybridized carbons (Fsp3) is 0.440. The van der Waals surface area contributed by atoms with Crippen molar-refractivity contribution in [1.82, 2.24) is 0 Å². The number of nitrogen functional groups attached to an aromatic ring is 1. The number of hydrogen-bond acceptors (Lipinski definition) is 5. The van der Waals surface area contributed by atoms with Gasteiger partial charge in [0, 0.05) is 11.3 Å². The van der Waals surface area contributed by atoms with Crippen molar-refractivity contribution in [1.29, 1.82) is 16.5 Å². The van der Waals surface area contributed by atoms with E-state index >= 15 is 0 Å². The molecule has 0 heterocycles. The second-order valence-electron chi connectivity index (χ2n) is 9.10. The SMILES string of the molecule is CC(C)(C)OC(=O)N(Cc1ccc(C2CCCCC2)cc1)c1ccc(C(=N)N)cc1.N=N. The number of carbonyl (C=O) groups excluding carboxylic acids is 1. The maximum absolute atomic E-state index is 12.9. The van der Waals surface area contributed by atoms with Crippen molar-refractivity contribution in [3.8, 4) is 0 Å². The Kier molecular flexibility index (Phi) is 8.93. The van der Waals surface area contributed by atoms with Crippen LogP contribution in [-0.4, -0.2) is 17.5 Å². The van der Waals surface area contributed by atoms with E-state index in [9.17, 15) is 4.79 Å². The van der Waals surface area contributed by atoms with Crippen LogP contribution in [0, 0.1) is 16.5 Å². The van der Waals surface area contributed by atoms with Gasteiger partial charge in [0.1, 0.15) is 11.4 Å². The van der Waals surface area contributed by atoms with Gasteiger partial charge in [0.2, 0.25) is 0 Å². The summed E-state index contributed by atoms with van der Waals surface area (Å²) in [6.45, 7) is 6.00. The zero-order valence-electron chi connectivity index (χ0n) is 19.3. The second-order valence-corrected chi connectivity index (χ2v) is 9.10. The predicted molar refractivity (Wildman–Crippen MR) is 128 cm³/mol. The average Bonchev–Trinajstić information content (AvgIpc) is 2.79. The van der Waals surface area contributed by atoms with Crippen molar-refractivity contribution in [3.63, 3.8) is 0 Å². The van der Waals surface area contributed by atoms with Gasteiger partial charge in [0.05, 0.1) is 6.54 Å². The summed E-state index contributed by atoms with van der Waals surface area (Å²) in [5, 5.41) is 7.57. The lowest BCUT2D eigenvalue weighted by Gasteiger charge is -2.28. The molecule has 1 saturated carbocycles. The highest BCUT2D eigenvalue weighted by molar-refractivity contribution is 5.96. The van der Waals surface area contributed by atoms with Crippen LogP contribution in [0.2, 0.25) is 0 Å². The first-order valence-corrected chi connectivity index (χ1v) is 11.0. The Hall–Kier alpha value is -3.22. The zero-order valence-corrected chi connectivity index (χ0v) is 19.3. The van der Waals surface area contributed by atoms with Gasteiger partial charge in [0.15, 0.2) is 0 Å². The van der Waals surface area contributed by atoms with Crippen LogP contribution in [0.1, 0.15) is 75.5 Å². The highest BCUT2D eigenvalue weighted by Gasteiger charge is 2.24. The Morgan fingerprint density at radius 2 is 1.56 bits per heavy atom. The van der Waals surface area contributed by atoms with Crippen molar-refractivity contribution in [3.05, 3.63) is 65.2 Å². The second kappa shape index (κ2) is 11.4. The van der Waals surface area contributed by atoms with E-state index in [-0.39, 0.29) is 5.84 Å². The Balaban J connectivity index is 0.00000176. The quantitative estimate of drug-likeness (QED) is 0.240.